The van der Waals surface area contributed by atoms with Gasteiger partial charge in [-0.15, -0.1) is 0 Å². The maximum absolute atomic E-state index is 3.51. The van der Waals surface area contributed by atoms with E-state index in [-0.39, 0.29) is 0 Å². The van der Waals surface area contributed by atoms with Crippen molar-refractivity contribution in [3.63, 3.8) is 0 Å². The fraction of sp³-hybridized carbons (Fsp3) is 0.455. The maximum atomic E-state index is 3.51. The van der Waals surface area contributed by atoms with Crippen molar-refractivity contribution in [1.82, 2.24) is 10.6 Å². The van der Waals surface area contributed by atoms with Gasteiger partial charge in [0.25, 0.3) is 0 Å². The summed E-state index contributed by atoms with van der Waals surface area (Å²) >= 11 is 0. The fourth-order valence-corrected chi connectivity index (χ4v) is 1.76. The van der Waals surface area contributed by atoms with Crippen molar-refractivity contribution in [2.24, 2.45) is 0 Å². The van der Waals surface area contributed by atoms with Crippen LogP contribution in [0.25, 0.3) is 0 Å². The highest BCUT2D eigenvalue weighted by Crippen LogP contribution is 2.03. The number of hydrogen-bond acceptors (Lipinski definition) is 2. The first-order chi connectivity index (χ1) is 6.45. The van der Waals surface area contributed by atoms with Gasteiger partial charge >= 0.3 is 0 Å². The zero-order chi connectivity index (χ0) is 8.93. The molecule has 2 heteroatoms. The van der Waals surface area contributed by atoms with Crippen molar-refractivity contribution in [3.05, 3.63) is 35.9 Å². The third kappa shape index (κ3) is 2.54. The Morgan fingerprint density at radius 1 is 1.15 bits per heavy atom. The lowest BCUT2D eigenvalue weighted by molar-refractivity contribution is 0.416. The Balaban J connectivity index is 1.90. The smallest absolute Gasteiger partial charge is 0.0233 e. The van der Waals surface area contributed by atoms with Gasteiger partial charge in [-0.05, 0) is 12.0 Å². The summed E-state index contributed by atoms with van der Waals surface area (Å²) in [5, 5.41) is 6.90. The van der Waals surface area contributed by atoms with Crippen molar-refractivity contribution in [2.75, 3.05) is 19.6 Å². The van der Waals surface area contributed by atoms with E-state index < -0.39 is 0 Å². The van der Waals surface area contributed by atoms with Gasteiger partial charge in [-0.3, -0.25) is 0 Å². The number of rotatable bonds is 2. The molecule has 2 nitrogen and oxygen atoms in total. The molecule has 0 amide bonds. The minimum absolute atomic E-state index is 0.608. The normalized spacial score (nSPS) is 22.9. The Morgan fingerprint density at radius 3 is 2.69 bits per heavy atom. The van der Waals surface area contributed by atoms with Crippen LogP contribution in [0.1, 0.15) is 5.56 Å². The summed E-state index contributed by atoms with van der Waals surface area (Å²) in [7, 11) is 0. The summed E-state index contributed by atoms with van der Waals surface area (Å²) in [6.45, 7) is 3.29. The minimum atomic E-state index is 0.608. The quantitative estimate of drug-likeness (QED) is 0.696. The van der Waals surface area contributed by atoms with Crippen LogP contribution in [0.5, 0.6) is 0 Å². The van der Waals surface area contributed by atoms with Gasteiger partial charge < -0.3 is 10.6 Å². The van der Waals surface area contributed by atoms with E-state index in [1.165, 1.54) is 5.56 Å². The summed E-state index contributed by atoms with van der Waals surface area (Å²) in [5.74, 6) is 0. The van der Waals surface area contributed by atoms with E-state index in [2.05, 4.69) is 41.0 Å². The minimum Gasteiger partial charge on any atom is -0.314 e. The van der Waals surface area contributed by atoms with E-state index in [1.807, 2.05) is 0 Å². The largest absolute Gasteiger partial charge is 0.314 e. The third-order valence-corrected chi connectivity index (χ3v) is 2.45. The molecule has 13 heavy (non-hydrogen) atoms. The molecule has 0 bridgehead atoms. The third-order valence-electron chi connectivity index (χ3n) is 2.45. The molecule has 1 aromatic rings. The first-order valence-corrected chi connectivity index (χ1v) is 4.93. The van der Waals surface area contributed by atoms with Gasteiger partial charge in [0, 0.05) is 25.7 Å². The average molecular weight is 176 g/mol. The van der Waals surface area contributed by atoms with Gasteiger partial charge in [-0.25, -0.2) is 0 Å². The van der Waals surface area contributed by atoms with Gasteiger partial charge in [0.1, 0.15) is 0 Å². The van der Waals surface area contributed by atoms with E-state index in [1.54, 1.807) is 0 Å². The molecule has 0 radical (unpaired) electrons. The van der Waals surface area contributed by atoms with E-state index in [0.717, 1.165) is 26.1 Å². The monoisotopic (exact) mass is 176 g/mol. The Hall–Kier alpha value is -0.860. The fourth-order valence-electron chi connectivity index (χ4n) is 1.76. The first-order valence-electron chi connectivity index (χ1n) is 4.93. The molecule has 1 aromatic carbocycles. The second-order valence-electron chi connectivity index (χ2n) is 3.54. The predicted molar refractivity (Wildman–Crippen MR) is 54.8 cm³/mol. The van der Waals surface area contributed by atoms with Crippen molar-refractivity contribution in [3.8, 4) is 0 Å². The molecular weight excluding hydrogens is 160 g/mol. The molecule has 0 saturated carbocycles. The van der Waals surface area contributed by atoms with Crippen molar-refractivity contribution in [2.45, 2.75) is 12.5 Å². The van der Waals surface area contributed by atoms with E-state index >= 15 is 0 Å². The number of nitrogens with one attached hydrogen (secondary N) is 2. The topological polar surface area (TPSA) is 24.1 Å². The van der Waals surface area contributed by atoms with Crippen molar-refractivity contribution in [1.29, 1.82) is 0 Å². The van der Waals surface area contributed by atoms with Gasteiger partial charge in [0.05, 0.1) is 0 Å². The summed E-state index contributed by atoms with van der Waals surface area (Å²) in [4.78, 5) is 0. The lowest BCUT2D eigenvalue weighted by Crippen LogP contribution is -2.49. The molecule has 0 aliphatic carbocycles. The van der Waals surface area contributed by atoms with Crippen LogP contribution in [-0.4, -0.2) is 25.7 Å². The molecule has 1 heterocycles. The summed E-state index contributed by atoms with van der Waals surface area (Å²) in [5.41, 5.74) is 1.42. The number of hydrogen-bond donors (Lipinski definition) is 2. The average Bonchev–Trinajstić information content (AvgIpc) is 2.21. The molecule has 1 saturated heterocycles. The standard InChI is InChI=1S/C11H16N2/c1-2-4-10(5-3-1)8-11-9-12-6-7-13-11/h1-5,11-13H,6-9H2/t11-/m1/s1. The first kappa shape index (κ1) is 8.73. The Labute approximate surface area is 79.4 Å². The molecule has 1 aliphatic rings. The molecule has 2 N–H and O–H groups in total. The number of piperazine rings is 1. The molecule has 1 aliphatic heterocycles. The Kier molecular flexibility index (Phi) is 2.95. The predicted octanol–water partition coefficient (Wildman–Crippen LogP) is 0.790. The van der Waals surface area contributed by atoms with Gasteiger partial charge in [-0.1, -0.05) is 30.3 Å². The maximum Gasteiger partial charge on any atom is 0.0233 e. The molecule has 2 rings (SSSR count). The molecule has 70 valence electrons. The molecule has 1 atom stereocenters. The van der Waals surface area contributed by atoms with Crippen LogP contribution in [0, 0.1) is 0 Å². The number of benzene rings is 1. The van der Waals surface area contributed by atoms with E-state index in [9.17, 15) is 0 Å². The van der Waals surface area contributed by atoms with Gasteiger partial charge in [0.2, 0.25) is 0 Å². The second-order valence-corrected chi connectivity index (χ2v) is 3.54. The highest BCUT2D eigenvalue weighted by atomic mass is 15.0. The molecule has 0 unspecified atom stereocenters. The SMILES string of the molecule is c1ccc(C[C@@H]2CNCCN2)cc1. The molecule has 1 fully saturated rings. The lowest BCUT2D eigenvalue weighted by Gasteiger charge is -2.24. The van der Waals surface area contributed by atoms with Crippen LogP contribution in [0.15, 0.2) is 30.3 Å². The Bertz CT molecular complexity index is 240. The highest BCUT2D eigenvalue weighted by Gasteiger charge is 2.11. The molecule has 0 spiro atoms. The van der Waals surface area contributed by atoms with Gasteiger partial charge in [-0.2, -0.15) is 0 Å². The van der Waals surface area contributed by atoms with Crippen molar-refractivity contribution >= 4 is 0 Å². The van der Waals surface area contributed by atoms with E-state index in [0.29, 0.717) is 6.04 Å². The molecular formula is C11H16N2. The zero-order valence-electron chi connectivity index (χ0n) is 7.79. The van der Waals surface area contributed by atoms with Gasteiger partial charge in [0.15, 0.2) is 0 Å². The molecule has 0 aromatic heterocycles. The Morgan fingerprint density at radius 2 is 2.00 bits per heavy atom. The summed E-state index contributed by atoms with van der Waals surface area (Å²) in [6.07, 6.45) is 1.13. The van der Waals surface area contributed by atoms with E-state index in [4.69, 9.17) is 0 Å². The van der Waals surface area contributed by atoms with Crippen LogP contribution >= 0.6 is 0 Å². The second kappa shape index (κ2) is 4.40. The lowest BCUT2D eigenvalue weighted by atomic mass is 10.1. The summed E-state index contributed by atoms with van der Waals surface area (Å²) in [6, 6.07) is 11.3. The van der Waals surface area contributed by atoms with Crippen LogP contribution in [0.3, 0.4) is 0 Å². The van der Waals surface area contributed by atoms with Crippen molar-refractivity contribution < 1.29 is 0 Å². The van der Waals surface area contributed by atoms with Crippen LogP contribution < -0.4 is 10.6 Å². The summed E-state index contributed by atoms with van der Waals surface area (Å²) < 4.78 is 0. The van der Waals surface area contributed by atoms with Crippen LogP contribution in [0.2, 0.25) is 0 Å². The highest BCUT2D eigenvalue weighted by molar-refractivity contribution is 5.16. The zero-order valence-corrected chi connectivity index (χ0v) is 7.79. The van der Waals surface area contributed by atoms with Crippen LogP contribution in [0.4, 0.5) is 0 Å². The van der Waals surface area contributed by atoms with Crippen LogP contribution in [-0.2, 0) is 6.42 Å².